The van der Waals surface area contributed by atoms with Gasteiger partial charge < -0.3 is 14.2 Å². The number of aromatic nitrogens is 5. The number of methoxy groups -OCH3 is 1. The summed E-state index contributed by atoms with van der Waals surface area (Å²) in [6.07, 6.45) is 2.40. The van der Waals surface area contributed by atoms with Crippen LogP contribution < -0.4 is 4.74 Å². The molecule has 4 rings (SSSR count). The maximum absolute atomic E-state index is 13.0. The Morgan fingerprint density at radius 2 is 2.04 bits per heavy atom. The van der Waals surface area contributed by atoms with Gasteiger partial charge in [0.25, 0.3) is 5.91 Å². The van der Waals surface area contributed by atoms with Gasteiger partial charge in [-0.25, -0.2) is 0 Å². The summed E-state index contributed by atoms with van der Waals surface area (Å²) in [4.78, 5) is 14.9. The van der Waals surface area contributed by atoms with Crippen LogP contribution in [0.2, 0.25) is 0 Å². The number of fused-ring (bicyclic) bond motifs is 1. The van der Waals surface area contributed by atoms with Crippen LogP contribution in [0, 0.1) is 0 Å². The highest BCUT2D eigenvalue weighted by Crippen LogP contribution is 2.30. The molecule has 0 fully saturated rings. The van der Waals surface area contributed by atoms with E-state index in [-0.39, 0.29) is 5.91 Å². The van der Waals surface area contributed by atoms with E-state index >= 15 is 0 Å². The average Bonchev–Trinajstić information content (AvgIpc) is 3.23. The molecule has 1 aromatic carbocycles. The number of hydrogen-bond donors (Lipinski definition) is 0. The second kappa shape index (κ2) is 6.29. The molecule has 1 aliphatic rings. The summed E-state index contributed by atoms with van der Waals surface area (Å²) in [6, 6.07) is 7.30. The lowest BCUT2D eigenvalue weighted by molar-refractivity contribution is 0.0730. The number of benzene rings is 1. The first-order valence-electron chi connectivity index (χ1n) is 8.41. The van der Waals surface area contributed by atoms with Crippen molar-refractivity contribution in [3.8, 4) is 17.3 Å². The molecule has 1 aliphatic heterocycles. The van der Waals surface area contributed by atoms with Gasteiger partial charge in [0.2, 0.25) is 0 Å². The van der Waals surface area contributed by atoms with E-state index in [0.717, 1.165) is 23.4 Å². The van der Waals surface area contributed by atoms with Crippen LogP contribution in [-0.4, -0.2) is 49.0 Å². The molecule has 0 bridgehead atoms. The fraction of sp³-hybridized carbons (Fsp3) is 0.333. The smallest absolute Gasteiger partial charge is 0.257 e. The fourth-order valence-corrected chi connectivity index (χ4v) is 3.43. The van der Waals surface area contributed by atoms with Gasteiger partial charge in [0.05, 0.1) is 19.2 Å². The lowest BCUT2D eigenvalue weighted by Gasteiger charge is -2.28. The predicted molar refractivity (Wildman–Crippen MR) is 94.6 cm³/mol. The second-order valence-corrected chi connectivity index (χ2v) is 6.34. The largest absolute Gasteiger partial charge is 0.496 e. The fourth-order valence-electron chi connectivity index (χ4n) is 3.43. The predicted octanol–water partition coefficient (Wildman–Crippen LogP) is 1.42. The molecule has 134 valence electrons. The van der Waals surface area contributed by atoms with Gasteiger partial charge in [-0.05, 0) is 12.1 Å². The highest BCUT2D eigenvalue weighted by Gasteiger charge is 2.30. The molecule has 0 aliphatic carbocycles. The first-order chi connectivity index (χ1) is 12.6. The van der Waals surface area contributed by atoms with Gasteiger partial charge in [-0.1, -0.05) is 12.1 Å². The summed E-state index contributed by atoms with van der Waals surface area (Å²) in [6.45, 7) is 1.13. The highest BCUT2D eigenvalue weighted by atomic mass is 16.5. The van der Waals surface area contributed by atoms with Crippen molar-refractivity contribution in [2.45, 2.75) is 13.0 Å². The number of amides is 1. The quantitative estimate of drug-likeness (QED) is 0.712. The van der Waals surface area contributed by atoms with Gasteiger partial charge in [-0.15, -0.1) is 10.2 Å². The van der Waals surface area contributed by atoms with E-state index in [1.54, 1.807) is 25.6 Å². The molecule has 0 unspecified atom stereocenters. The van der Waals surface area contributed by atoms with Crippen LogP contribution in [0.4, 0.5) is 0 Å². The lowest BCUT2D eigenvalue weighted by atomic mass is 10.0. The number of aryl methyl sites for hydroxylation is 2. The van der Waals surface area contributed by atoms with Crippen LogP contribution in [-0.2, 0) is 27.1 Å². The Hall–Kier alpha value is -3.16. The first-order valence-corrected chi connectivity index (χ1v) is 8.41. The molecule has 3 aromatic rings. The Morgan fingerprint density at radius 1 is 1.23 bits per heavy atom. The molecule has 2 aromatic heterocycles. The van der Waals surface area contributed by atoms with Gasteiger partial charge >= 0.3 is 0 Å². The number of carbonyl (C=O) groups is 1. The van der Waals surface area contributed by atoms with Gasteiger partial charge in [-0.3, -0.25) is 9.48 Å². The summed E-state index contributed by atoms with van der Waals surface area (Å²) in [5, 5.41) is 12.8. The molecular formula is C18H20N6O2. The lowest BCUT2D eigenvalue weighted by Crippen LogP contribution is -2.36. The number of carbonyl (C=O) groups excluding carboxylic acids is 1. The van der Waals surface area contributed by atoms with Crippen LogP contribution in [0.3, 0.4) is 0 Å². The van der Waals surface area contributed by atoms with Crippen molar-refractivity contribution in [2.75, 3.05) is 13.7 Å². The maximum Gasteiger partial charge on any atom is 0.257 e. The normalized spacial score (nSPS) is 13.6. The average molecular weight is 352 g/mol. The van der Waals surface area contributed by atoms with Crippen molar-refractivity contribution in [1.82, 2.24) is 29.4 Å². The minimum atomic E-state index is -0.0409. The van der Waals surface area contributed by atoms with Crippen LogP contribution in [0.5, 0.6) is 5.75 Å². The molecule has 8 heteroatoms. The Labute approximate surface area is 151 Å². The molecule has 0 radical (unpaired) electrons. The van der Waals surface area contributed by atoms with E-state index in [2.05, 4.69) is 15.3 Å². The topological polar surface area (TPSA) is 78.1 Å². The molecule has 0 spiro atoms. The summed E-state index contributed by atoms with van der Waals surface area (Å²) in [7, 11) is 5.39. The molecule has 26 heavy (non-hydrogen) atoms. The van der Waals surface area contributed by atoms with E-state index in [9.17, 15) is 4.79 Å². The summed E-state index contributed by atoms with van der Waals surface area (Å²) < 4.78 is 9.06. The molecule has 3 heterocycles. The van der Waals surface area contributed by atoms with E-state index < -0.39 is 0 Å². The van der Waals surface area contributed by atoms with Gasteiger partial charge in [0.15, 0.2) is 5.82 Å². The Balaban J connectivity index is 1.70. The molecule has 0 saturated heterocycles. The molecule has 0 saturated carbocycles. The molecule has 1 amide bonds. The third-order valence-electron chi connectivity index (χ3n) is 4.79. The van der Waals surface area contributed by atoms with Crippen molar-refractivity contribution >= 4 is 5.91 Å². The molecule has 8 nitrogen and oxygen atoms in total. The van der Waals surface area contributed by atoms with E-state index in [1.165, 1.54) is 0 Å². The van der Waals surface area contributed by atoms with Crippen molar-refractivity contribution in [2.24, 2.45) is 14.1 Å². The summed E-state index contributed by atoms with van der Waals surface area (Å²) in [5.41, 5.74) is 3.51. The highest BCUT2D eigenvalue weighted by molar-refractivity contribution is 5.97. The van der Waals surface area contributed by atoms with Gasteiger partial charge in [-0.2, -0.15) is 5.10 Å². The van der Waals surface area contributed by atoms with Crippen molar-refractivity contribution in [1.29, 1.82) is 0 Å². The van der Waals surface area contributed by atoms with Crippen molar-refractivity contribution in [3.63, 3.8) is 0 Å². The Bertz CT molecular complexity index is 974. The van der Waals surface area contributed by atoms with Crippen molar-refractivity contribution in [3.05, 3.63) is 47.4 Å². The van der Waals surface area contributed by atoms with Crippen LogP contribution in [0.1, 0.15) is 21.6 Å². The first kappa shape index (κ1) is 16.3. The number of nitrogens with zero attached hydrogens (tertiary/aromatic N) is 6. The Morgan fingerprint density at radius 3 is 2.77 bits per heavy atom. The SMILES string of the molecule is COc1ccccc1C(=O)N1CCc2c(c(-c3nncn3C)nn2C)C1. The maximum atomic E-state index is 13.0. The number of rotatable bonds is 3. The van der Waals surface area contributed by atoms with Gasteiger partial charge in [0.1, 0.15) is 17.8 Å². The number of ether oxygens (including phenoxy) is 1. The number of para-hydroxylation sites is 1. The zero-order chi connectivity index (χ0) is 18.3. The molecule has 0 atom stereocenters. The second-order valence-electron chi connectivity index (χ2n) is 6.34. The summed E-state index contributed by atoms with van der Waals surface area (Å²) in [5.74, 6) is 1.25. The standard InChI is InChI=1S/C18H20N6O2/c1-22-11-19-20-17(22)16-13-10-24(9-8-14(13)23(2)21-16)18(25)12-6-4-5-7-15(12)26-3/h4-7,11H,8-10H2,1-3H3. The monoisotopic (exact) mass is 352 g/mol. The zero-order valence-corrected chi connectivity index (χ0v) is 15.0. The van der Waals surface area contributed by atoms with E-state index in [0.29, 0.717) is 30.2 Å². The van der Waals surface area contributed by atoms with Crippen LogP contribution in [0.15, 0.2) is 30.6 Å². The third-order valence-corrected chi connectivity index (χ3v) is 4.79. The van der Waals surface area contributed by atoms with E-state index in [1.807, 2.05) is 40.4 Å². The minimum Gasteiger partial charge on any atom is -0.496 e. The van der Waals surface area contributed by atoms with Crippen LogP contribution in [0.25, 0.3) is 11.5 Å². The molecular weight excluding hydrogens is 332 g/mol. The minimum absolute atomic E-state index is 0.0409. The van der Waals surface area contributed by atoms with Crippen molar-refractivity contribution < 1.29 is 9.53 Å². The number of hydrogen-bond acceptors (Lipinski definition) is 5. The summed E-state index contributed by atoms with van der Waals surface area (Å²) >= 11 is 0. The third kappa shape index (κ3) is 2.54. The Kier molecular flexibility index (Phi) is 3.95. The zero-order valence-electron chi connectivity index (χ0n) is 15.0. The van der Waals surface area contributed by atoms with Crippen LogP contribution >= 0.6 is 0 Å². The molecule has 0 N–H and O–H groups in total. The van der Waals surface area contributed by atoms with E-state index in [4.69, 9.17) is 4.74 Å². The van der Waals surface area contributed by atoms with Gasteiger partial charge in [0, 0.05) is 38.3 Å².